The number of hydrogen-bond donors (Lipinski definition) is 2. The van der Waals surface area contributed by atoms with Crippen molar-refractivity contribution in [1.29, 1.82) is 0 Å². The van der Waals surface area contributed by atoms with Crippen LogP contribution in [-0.4, -0.2) is 0 Å². The van der Waals surface area contributed by atoms with E-state index in [1.54, 1.807) is 6.07 Å². The highest BCUT2D eigenvalue weighted by Crippen LogP contribution is 2.31. The van der Waals surface area contributed by atoms with E-state index in [4.69, 9.17) is 5.84 Å². The van der Waals surface area contributed by atoms with Crippen LogP contribution in [0, 0.1) is 18.6 Å². The predicted molar refractivity (Wildman–Crippen MR) is 82.1 cm³/mol. The Balaban J connectivity index is 2.58. The van der Waals surface area contributed by atoms with E-state index in [0.29, 0.717) is 5.56 Å². The van der Waals surface area contributed by atoms with Gasteiger partial charge in [-0.3, -0.25) is 5.84 Å². The van der Waals surface area contributed by atoms with E-state index in [1.165, 1.54) is 12.1 Å². The minimum Gasteiger partial charge on any atom is -0.271 e. The summed E-state index contributed by atoms with van der Waals surface area (Å²) in [7, 11) is 0. The summed E-state index contributed by atoms with van der Waals surface area (Å²) in [5.74, 6) is 4.20. The first kappa shape index (κ1) is 15.6. The summed E-state index contributed by atoms with van der Waals surface area (Å²) in [6.07, 6.45) is 0. The highest BCUT2D eigenvalue weighted by atomic mass is 79.9. The second-order valence-corrected chi connectivity index (χ2v) is 6.07. The van der Waals surface area contributed by atoms with Crippen LogP contribution in [0.2, 0.25) is 0 Å². The van der Waals surface area contributed by atoms with Crippen molar-refractivity contribution >= 4 is 31.9 Å². The van der Waals surface area contributed by atoms with Crippen LogP contribution < -0.4 is 11.3 Å². The average Bonchev–Trinajstić information content (AvgIpc) is 2.42. The number of rotatable bonds is 3. The normalized spacial score (nSPS) is 12.5. The lowest BCUT2D eigenvalue weighted by Crippen LogP contribution is -2.30. The molecule has 1 unspecified atom stereocenters. The summed E-state index contributed by atoms with van der Waals surface area (Å²) < 4.78 is 29.3. The van der Waals surface area contributed by atoms with Crippen molar-refractivity contribution in [3.63, 3.8) is 0 Å². The van der Waals surface area contributed by atoms with Crippen molar-refractivity contribution in [2.75, 3.05) is 0 Å². The molecule has 1 atom stereocenters. The van der Waals surface area contributed by atoms with Crippen LogP contribution >= 0.6 is 31.9 Å². The van der Waals surface area contributed by atoms with Gasteiger partial charge in [-0.25, -0.2) is 14.2 Å². The summed E-state index contributed by atoms with van der Waals surface area (Å²) >= 11 is 6.45. The molecule has 0 aliphatic carbocycles. The Morgan fingerprint density at radius 1 is 1.10 bits per heavy atom. The molecule has 106 valence electrons. The molecule has 0 aliphatic rings. The molecule has 0 aromatic heterocycles. The zero-order chi connectivity index (χ0) is 14.9. The maximum absolute atomic E-state index is 14.2. The minimum atomic E-state index is -0.765. The van der Waals surface area contributed by atoms with E-state index in [0.717, 1.165) is 10.0 Å². The topological polar surface area (TPSA) is 38.0 Å². The molecule has 20 heavy (non-hydrogen) atoms. The Kier molecular flexibility index (Phi) is 4.90. The van der Waals surface area contributed by atoms with Gasteiger partial charge in [-0.2, -0.15) is 0 Å². The Bertz CT molecular complexity index is 647. The number of benzene rings is 2. The summed E-state index contributed by atoms with van der Waals surface area (Å²) in [5, 5.41) is 0. The fourth-order valence-electron chi connectivity index (χ4n) is 2.00. The molecule has 6 heteroatoms. The van der Waals surface area contributed by atoms with Gasteiger partial charge in [0.2, 0.25) is 0 Å². The van der Waals surface area contributed by atoms with E-state index in [-0.39, 0.29) is 10.0 Å². The second kappa shape index (κ2) is 6.30. The van der Waals surface area contributed by atoms with Gasteiger partial charge in [0.15, 0.2) is 0 Å². The maximum atomic E-state index is 14.2. The Morgan fingerprint density at radius 2 is 1.75 bits per heavy atom. The standard InChI is InChI=1S/C14H12Br2F2N2/c1-7-6-8(2-3-9(7)15)14(20-19)12-11(17)5-4-10(16)13(12)18/h2-6,14,20H,19H2,1H3. The molecule has 0 heterocycles. The lowest BCUT2D eigenvalue weighted by Gasteiger charge is -2.19. The van der Waals surface area contributed by atoms with Gasteiger partial charge >= 0.3 is 0 Å². The molecule has 0 radical (unpaired) electrons. The van der Waals surface area contributed by atoms with Crippen LogP contribution in [0.25, 0.3) is 0 Å². The van der Waals surface area contributed by atoms with Crippen LogP contribution in [0.4, 0.5) is 8.78 Å². The summed E-state index contributed by atoms with van der Waals surface area (Å²) in [5.41, 5.74) is 4.01. The maximum Gasteiger partial charge on any atom is 0.145 e. The third kappa shape index (κ3) is 2.93. The van der Waals surface area contributed by atoms with Gasteiger partial charge in [0, 0.05) is 10.0 Å². The lowest BCUT2D eigenvalue weighted by molar-refractivity contribution is 0.507. The third-order valence-electron chi connectivity index (χ3n) is 3.05. The molecule has 0 saturated carbocycles. The van der Waals surface area contributed by atoms with Crippen molar-refractivity contribution < 1.29 is 8.78 Å². The zero-order valence-electron chi connectivity index (χ0n) is 10.6. The van der Waals surface area contributed by atoms with Crippen LogP contribution in [0.1, 0.15) is 22.7 Å². The number of hydrogen-bond acceptors (Lipinski definition) is 2. The molecule has 2 aromatic rings. The van der Waals surface area contributed by atoms with Crippen molar-refractivity contribution in [2.45, 2.75) is 13.0 Å². The van der Waals surface area contributed by atoms with Gasteiger partial charge in [0.1, 0.15) is 11.6 Å². The molecular weight excluding hydrogens is 394 g/mol. The van der Waals surface area contributed by atoms with Crippen LogP contribution in [0.5, 0.6) is 0 Å². The van der Waals surface area contributed by atoms with Crippen LogP contribution in [-0.2, 0) is 0 Å². The Hall–Kier alpha value is -0.820. The minimum absolute atomic E-state index is 0.108. The SMILES string of the molecule is Cc1cc(C(NN)c2c(F)ccc(Br)c2F)ccc1Br. The number of hydrazine groups is 1. The monoisotopic (exact) mass is 404 g/mol. The van der Waals surface area contributed by atoms with Crippen molar-refractivity contribution in [3.05, 3.63) is 67.6 Å². The summed E-state index contributed by atoms with van der Waals surface area (Å²) in [6.45, 7) is 1.90. The molecule has 2 rings (SSSR count). The van der Waals surface area contributed by atoms with Crippen molar-refractivity contribution in [1.82, 2.24) is 5.43 Å². The van der Waals surface area contributed by atoms with Gasteiger partial charge in [-0.1, -0.05) is 28.1 Å². The second-order valence-electron chi connectivity index (χ2n) is 4.37. The Morgan fingerprint density at radius 3 is 2.35 bits per heavy atom. The molecule has 0 amide bonds. The van der Waals surface area contributed by atoms with E-state index < -0.39 is 17.7 Å². The fourth-order valence-corrected chi connectivity index (χ4v) is 2.59. The van der Waals surface area contributed by atoms with Crippen LogP contribution in [0.3, 0.4) is 0 Å². The van der Waals surface area contributed by atoms with E-state index in [1.807, 2.05) is 19.1 Å². The molecule has 0 spiro atoms. The first-order valence-electron chi connectivity index (χ1n) is 5.81. The molecule has 0 bridgehead atoms. The van der Waals surface area contributed by atoms with Gasteiger partial charge in [-0.05, 0) is 52.2 Å². The lowest BCUT2D eigenvalue weighted by atomic mass is 9.97. The quantitative estimate of drug-likeness (QED) is 0.452. The highest BCUT2D eigenvalue weighted by molar-refractivity contribution is 9.10. The number of nitrogens with two attached hydrogens (primary N) is 1. The molecule has 0 fully saturated rings. The molecular formula is C14H12Br2F2N2. The molecule has 3 N–H and O–H groups in total. The third-order valence-corrected chi connectivity index (χ3v) is 4.55. The van der Waals surface area contributed by atoms with E-state index >= 15 is 0 Å². The predicted octanol–water partition coefficient (Wildman–Crippen LogP) is 4.35. The van der Waals surface area contributed by atoms with E-state index in [9.17, 15) is 8.78 Å². The molecule has 0 saturated heterocycles. The zero-order valence-corrected chi connectivity index (χ0v) is 13.7. The summed E-state index contributed by atoms with van der Waals surface area (Å²) in [6, 6.07) is 7.19. The van der Waals surface area contributed by atoms with Gasteiger partial charge in [-0.15, -0.1) is 0 Å². The first-order valence-corrected chi connectivity index (χ1v) is 7.40. The smallest absolute Gasteiger partial charge is 0.145 e. The molecule has 0 aliphatic heterocycles. The molecule has 2 aromatic carbocycles. The average molecular weight is 406 g/mol. The van der Waals surface area contributed by atoms with Crippen molar-refractivity contribution in [3.8, 4) is 0 Å². The van der Waals surface area contributed by atoms with Crippen LogP contribution in [0.15, 0.2) is 39.3 Å². The van der Waals surface area contributed by atoms with Gasteiger partial charge in [0.05, 0.1) is 10.5 Å². The Labute approximate surface area is 132 Å². The number of nitrogens with one attached hydrogen (secondary N) is 1. The van der Waals surface area contributed by atoms with E-state index in [2.05, 4.69) is 37.3 Å². The number of aryl methyl sites for hydroxylation is 1. The van der Waals surface area contributed by atoms with Crippen molar-refractivity contribution in [2.24, 2.45) is 5.84 Å². The largest absolute Gasteiger partial charge is 0.271 e. The van der Waals surface area contributed by atoms with Gasteiger partial charge in [0.25, 0.3) is 0 Å². The molecule has 2 nitrogen and oxygen atoms in total. The van der Waals surface area contributed by atoms with Gasteiger partial charge < -0.3 is 0 Å². The number of halogens is 4. The fraction of sp³-hybridized carbons (Fsp3) is 0.143. The summed E-state index contributed by atoms with van der Waals surface area (Å²) in [4.78, 5) is 0. The highest BCUT2D eigenvalue weighted by Gasteiger charge is 2.23. The first-order chi connectivity index (χ1) is 9.45.